The minimum absolute atomic E-state index is 0.0984. The van der Waals surface area contributed by atoms with Crippen LogP contribution in [0.25, 0.3) is 0 Å². The van der Waals surface area contributed by atoms with Crippen LogP contribution in [-0.4, -0.2) is 82.6 Å². The van der Waals surface area contributed by atoms with Crippen LogP contribution in [0.15, 0.2) is 52.3 Å². The molecule has 0 unspecified atom stereocenters. The molecule has 4 rings (SSSR count). The van der Waals surface area contributed by atoms with Gasteiger partial charge in [0, 0.05) is 45.7 Å². The topological polar surface area (TPSA) is 104 Å². The van der Waals surface area contributed by atoms with E-state index in [9.17, 15) is 21.6 Å². The summed E-state index contributed by atoms with van der Waals surface area (Å²) in [5, 5.41) is 0. The molecular weight excluding hydrogens is 514 g/mol. The number of nitrogens with zero attached hydrogens (tertiary/aromatic N) is 3. The van der Waals surface area contributed by atoms with Crippen LogP contribution in [0.3, 0.4) is 0 Å². The summed E-state index contributed by atoms with van der Waals surface area (Å²) in [5.74, 6) is 0.443. The number of benzene rings is 2. The van der Waals surface area contributed by atoms with E-state index in [0.717, 1.165) is 24.8 Å². The Morgan fingerprint density at radius 1 is 0.784 bits per heavy atom. The highest BCUT2D eigenvalue weighted by atomic mass is 32.2. The summed E-state index contributed by atoms with van der Waals surface area (Å²) in [6.07, 6.45) is 3.25. The first-order valence-electron chi connectivity index (χ1n) is 12.6. The van der Waals surface area contributed by atoms with E-state index in [0.29, 0.717) is 43.9 Å². The molecule has 2 aliphatic rings. The maximum absolute atomic E-state index is 13.1. The number of amides is 1. The van der Waals surface area contributed by atoms with Crippen LogP contribution in [-0.2, 0) is 31.3 Å². The van der Waals surface area contributed by atoms with E-state index in [-0.39, 0.29) is 35.2 Å². The average molecular weight is 550 g/mol. The fourth-order valence-electron chi connectivity index (χ4n) is 4.80. The molecule has 0 saturated carbocycles. The van der Waals surface area contributed by atoms with Crippen LogP contribution in [0.4, 0.5) is 0 Å². The highest BCUT2D eigenvalue weighted by molar-refractivity contribution is 7.89. The van der Waals surface area contributed by atoms with Crippen molar-refractivity contribution < 1.29 is 26.4 Å². The predicted octanol–water partition coefficient (Wildman–Crippen LogP) is 2.64. The molecule has 2 heterocycles. The highest BCUT2D eigenvalue weighted by Gasteiger charge is 2.30. The number of ether oxygens (including phenoxy) is 1. The van der Waals surface area contributed by atoms with E-state index in [1.807, 2.05) is 6.92 Å². The first-order valence-corrected chi connectivity index (χ1v) is 15.5. The molecule has 9 nitrogen and oxygen atoms in total. The van der Waals surface area contributed by atoms with Gasteiger partial charge in [0.1, 0.15) is 5.75 Å². The zero-order chi connectivity index (χ0) is 26.6. The molecule has 0 aromatic heterocycles. The fraction of sp³-hybridized carbons (Fsp3) is 0.500. The minimum Gasteiger partial charge on any atom is -0.496 e. The Kier molecular flexibility index (Phi) is 8.57. The zero-order valence-corrected chi connectivity index (χ0v) is 23.1. The molecule has 0 atom stereocenters. The lowest BCUT2D eigenvalue weighted by atomic mass is 10.1. The van der Waals surface area contributed by atoms with Gasteiger partial charge in [-0.3, -0.25) is 4.79 Å². The first-order chi connectivity index (χ1) is 17.6. The molecule has 2 saturated heterocycles. The fourth-order valence-corrected chi connectivity index (χ4v) is 7.79. The summed E-state index contributed by atoms with van der Waals surface area (Å²) in [5.41, 5.74) is 1.65. The second-order valence-corrected chi connectivity index (χ2v) is 13.4. The van der Waals surface area contributed by atoms with Crippen LogP contribution >= 0.6 is 0 Å². The molecule has 202 valence electrons. The summed E-state index contributed by atoms with van der Waals surface area (Å²) in [4.78, 5) is 15.1. The third kappa shape index (κ3) is 6.17. The van der Waals surface area contributed by atoms with Crippen LogP contribution in [0.5, 0.6) is 5.75 Å². The Morgan fingerprint density at radius 2 is 1.35 bits per heavy atom. The quantitative estimate of drug-likeness (QED) is 0.502. The summed E-state index contributed by atoms with van der Waals surface area (Å²) in [7, 11) is -5.68. The average Bonchev–Trinajstić information content (AvgIpc) is 2.92. The molecule has 0 radical (unpaired) electrons. The maximum atomic E-state index is 13.1. The number of rotatable bonds is 8. The molecule has 0 spiro atoms. The van der Waals surface area contributed by atoms with Gasteiger partial charge in [-0.1, -0.05) is 24.1 Å². The van der Waals surface area contributed by atoms with Gasteiger partial charge in [0.2, 0.25) is 26.0 Å². The van der Waals surface area contributed by atoms with Gasteiger partial charge in [0.25, 0.3) is 0 Å². The number of aryl methyl sites for hydroxylation is 2. The lowest BCUT2D eigenvalue weighted by molar-refractivity contribution is -0.132. The first kappa shape index (κ1) is 27.6. The van der Waals surface area contributed by atoms with E-state index in [1.165, 1.54) is 15.7 Å². The molecule has 0 N–H and O–H groups in total. The molecular formula is C26H35N3O6S2. The highest BCUT2D eigenvalue weighted by Crippen LogP contribution is 2.27. The van der Waals surface area contributed by atoms with Crippen LogP contribution < -0.4 is 4.74 Å². The van der Waals surface area contributed by atoms with Gasteiger partial charge < -0.3 is 9.64 Å². The van der Waals surface area contributed by atoms with Gasteiger partial charge in [0.15, 0.2) is 0 Å². The van der Waals surface area contributed by atoms with E-state index in [2.05, 4.69) is 0 Å². The Hall–Kier alpha value is -2.47. The summed E-state index contributed by atoms with van der Waals surface area (Å²) < 4.78 is 60.5. The Bertz CT molecular complexity index is 1310. The van der Waals surface area contributed by atoms with Crippen molar-refractivity contribution in [3.63, 3.8) is 0 Å². The number of carbonyl (C=O) groups excluding carboxylic acids is 1. The van der Waals surface area contributed by atoms with Gasteiger partial charge in [-0.05, 0) is 62.1 Å². The number of methoxy groups -OCH3 is 1. The number of piperazine rings is 1. The second-order valence-electron chi connectivity index (χ2n) is 9.54. The molecule has 37 heavy (non-hydrogen) atoms. The summed E-state index contributed by atoms with van der Waals surface area (Å²) in [6, 6.07) is 11.6. The van der Waals surface area contributed by atoms with Crippen molar-refractivity contribution in [1.29, 1.82) is 0 Å². The van der Waals surface area contributed by atoms with Crippen molar-refractivity contribution in [2.75, 3.05) is 46.4 Å². The Labute approximate surface area is 220 Å². The number of piperidine rings is 1. The normalized spacial score (nSPS) is 18.1. The van der Waals surface area contributed by atoms with Gasteiger partial charge in [-0.15, -0.1) is 0 Å². The van der Waals surface area contributed by atoms with Crippen LogP contribution in [0, 0.1) is 6.92 Å². The molecule has 2 aromatic rings. The number of carbonyl (C=O) groups is 1. The van der Waals surface area contributed by atoms with E-state index in [4.69, 9.17) is 4.74 Å². The molecule has 2 fully saturated rings. The molecule has 2 aromatic carbocycles. The standard InChI is InChI=1S/C26H35N3O6S2/c1-21-6-9-23(10-7-21)36(31,32)29-18-16-27(17-19-29)26(30)13-8-22-20-24(11-12-25(22)35-2)37(33,34)28-14-4-3-5-15-28/h6-7,9-12,20H,3-5,8,13-19H2,1-2H3. The lowest BCUT2D eigenvalue weighted by Gasteiger charge is -2.34. The van der Waals surface area contributed by atoms with Crippen molar-refractivity contribution in [2.24, 2.45) is 0 Å². The van der Waals surface area contributed by atoms with Crippen molar-refractivity contribution in [3.8, 4) is 5.75 Å². The molecule has 0 aliphatic carbocycles. The van der Waals surface area contributed by atoms with Gasteiger partial charge in [-0.25, -0.2) is 16.8 Å². The molecule has 2 aliphatic heterocycles. The predicted molar refractivity (Wildman–Crippen MR) is 140 cm³/mol. The maximum Gasteiger partial charge on any atom is 0.243 e. The van der Waals surface area contributed by atoms with Crippen molar-refractivity contribution >= 4 is 26.0 Å². The Morgan fingerprint density at radius 3 is 1.97 bits per heavy atom. The molecule has 1 amide bonds. The third-order valence-electron chi connectivity index (χ3n) is 7.06. The van der Waals surface area contributed by atoms with Crippen molar-refractivity contribution in [1.82, 2.24) is 13.5 Å². The van der Waals surface area contributed by atoms with Gasteiger partial charge >= 0.3 is 0 Å². The lowest BCUT2D eigenvalue weighted by Crippen LogP contribution is -2.50. The minimum atomic E-state index is -3.60. The van der Waals surface area contributed by atoms with Crippen LogP contribution in [0.1, 0.15) is 36.8 Å². The Balaban J connectivity index is 1.38. The van der Waals surface area contributed by atoms with Gasteiger partial charge in [-0.2, -0.15) is 8.61 Å². The monoisotopic (exact) mass is 549 g/mol. The van der Waals surface area contributed by atoms with Gasteiger partial charge in [0.05, 0.1) is 16.9 Å². The van der Waals surface area contributed by atoms with E-state index < -0.39 is 20.0 Å². The smallest absolute Gasteiger partial charge is 0.243 e. The second kappa shape index (κ2) is 11.5. The molecule has 11 heteroatoms. The molecule has 0 bridgehead atoms. The SMILES string of the molecule is COc1ccc(S(=O)(=O)N2CCCCC2)cc1CCC(=O)N1CCN(S(=O)(=O)c2ccc(C)cc2)CC1. The zero-order valence-electron chi connectivity index (χ0n) is 21.4. The van der Waals surface area contributed by atoms with Crippen molar-refractivity contribution in [3.05, 3.63) is 53.6 Å². The van der Waals surface area contributed by atoms with Crippen molar-refractivity contribution in [2.45, 2.75) is 48.8 Å². The van der Waals surface area contributed by atoms with E-state index in [1.54, 1.807) is 47.4 Å². The summed E-state index contributed by atoms with van der Waals surface area (Å²) >= 11 is 0. The number of hydrogen-bond acceptors (Lipinski definition) is 6. The summed E-state index contributed by atoms with van der Waals surface area (Å²) in [6.45, 7) is 4.03. The van der Waals surface area contributed by atoms with Crippen LogP contribution in [0.2, 0.25) is 0 Å². The third-order valence-corrected chi connectivity index (χ3v) is 10.9. The largest absolute Gasteiger partial charge is 0.496 e. The number of hydrogen-bond donors (Lipinski definition) is 0. The number of sulfonamides is 2. The van der Waals surface area contributed by atoms with E-state index >= 15 is 0 Å².